The van der Waals surface area contributed by atoms with Gasteiger partial charge < -0.3 is 18.6 Å². The van der Waals surface area contributed by atoms with Crippen molar-refractivity contribution < 1.29 is 23.4 Å². The molecule has 4 aromatic rings. The van der Waals surface area contributed by atoms with Crippen molar-refractivity contribution >= 4 is 46.6 Å². The lowest BCUT2D eigenvalue weighted by Gasteiger charge is -2.26. The molecule has 0 spiro atoms. The molecule has 2 aromatic carbocycles. The number of esters is 1. The minimum Gasteiger partial charge on any atom is -0.497 e. The van der Waals surface area contributed by atoms with Crippen molar-refractivity contribution in [1.82, 2.24) is 4.57 Å². The van der Waals surface area contributed by atoms with Gasteiger partial charge in [-0.3, -0.25) is 9.36 Å². The highest BCUT2D eigenvalue weighted by atomic mass is 35.5. The number of thiazole rings is 1. The van der Waals surface area contributed by atoms with E-state index in [0.29, 0.717) is 59.2 Å². The van der Waals surface area contributed by atoms with Gasteiger partial charge in [-0.05, 0) is 56.3 Å². The first-order valence-corrected chi connectivity index (χ1v) is 13.8. The number of hydrogen-bond donors (Lipinski definition) is 0. The van der Waals surface area contributed by atoms with Gasteiger partial charge in [-0.1, -0.05) is 34.5 Å². The van der Waals surface area contributed by atoms with Crippen LogP contribution in [0.3, 0.4) is 0 Å². The molecule has 1 atom stereocenters. The molecule has 0 bridgehead atoms. The summed E-state index contributed by atoms with van der Waals surface area (Å²) in [4.78, 5) is 32.1. The van der Waals surface area contributed by atoms with E-state index in [1.165, 1.54) is 23.0 Å². The topological polar surface area (TPSA) is 92.3 Å². The maximum absolute atomic E-state index is 13.9. The van der Waals surface area contributed by atoms with Crippen molar-refractivity contribution in [3.63, 3.8) is 0 Å². The van der Waals surface area contributed by atoms with Gasteiger partial charge in [-0.2, -0.15) is 0 Å². The smallest absolute Gasteiger partial charge is 0.338 e. The van der Waals surface area contributed by atoms with Crippen LogP contribution in [0.25, 0.3) is 17.4 Å². The molecule has 1 unspecified atom stereocenters. The lowest BCUT2D eigenvalue weighted by molar-refractivity contribution is -0.139. The van der Waals surface area contributed by atoms with Crippen molar-refractivity contribution in [3.05, 3.63) is 101 Å². The third-order valence-corrected chi connectivity index (χ3v) is 7.88. The Labute approximate surface area is 243 Å². The van der Waals surface area contributed by atoms with Gasteiger partial charge in [-0.25, -0.2) is 9.79 Å². The Hall–Kier alpha value is -3.79. The minimum atomic E-state index is -0.835. The maximum atomic E-state index is 13.9. The third kappa shape index (κ3) is 5.08. The van der Waals surface area contributed by atoms with Crippen LogP contribution in [0, 0.1) is 0 Å². The second kappa shape index (κ2) is 11.4. The van der Waals surface area contributed by atoms with Crippen molar-refractivity contribution in [2.75, 3.05) is 20.8 Å². The number of furan rings is 1. The number of aromatic nitrogens is 1. The van der Waals surface area contributed by atoms with Crippen LogP contribution in [-0.2, 0) is 9.53 Å². The average molecular weight is 599 g/mol. The van der Waals surface area contributed by atoms with E-state index in [0.717, 1.165) is 0 Å². The van der Waals surface area contributed by atoms with Crippen LogP contribution in [0.1, 0.15) is 31.2 Å². The Morgan fingerprint density at radius 2 is 1.93 bits per heavy atom. The number of fused-ring (bicyclic) bond motifs is 1. The molecule has 0 radical (unpaired) electrons. The summed E-state index contributed by atoms with van der Waals surface area (Å²) in [6, 6.07) is 13.0. The third-order valence-electron chi connectivity index (χ3n) is 6.35. The number of benzene rings is 2. The van der Waals surface area contributed by atoms with E-state index >= 15 is 0 Å². The summed E-state index contributed by atoms with van der Waals surface area (Å²) in [5.41, 5.74) is 1.62. The van der Waals surface area contributed by atoms with E-state index in [-0.39, 0.29) is 17.7 Å². The number of ether oxygens (including phenoxy) is 3. The molecule has 2 aromatic heterocycles. The Balaban J connectivity index is 1.67. The van der Waals surface area contributed by atoms with Crippen molar-refractivity contribution in [2.45, 2.75) is 19.9 Å². The molecule has 5 rings (SSSR count). The molecule has 0 amide bonds. The van der Waals surface area contributed by atoms with Gasteiger partial charge in [0.25, 0.3) is 5.56 Å². The van der Waals surface area contributed by atoms with E-state index in [2.05, 4.69) is 4.99 Å². The molecule has 0 aliphatic carbocycles. The number of halogens is 2. The fourth-order valence-corrected chi connectivity index (χ4v) is 6.05. The molecule has 206 valence electrons. The quantitative estimate of drug-likeness (QED) is 0.265. The molecule has 0 saturated carbocycles. The van der Waals surface area contributed by atoms with Gasteiger partial charge in [0.15, 0.2) is 4.80 Å². The van der Waals surface area contributed by atoms with Crippen LogP contribution in [0.5, 0.6) is 11.5 Å². The maximum Gasteiger partial charge on any atom is 0.338 e. The monoisotopic (exact) mass is 598 g/mol. The minimum absolute atomic E-state index is 0.172. The van der Waals surface area contributed by atoms with Crippen LogP contribution < -0.4 is 24.4 Å². The van der Waals surface area contributed by atoms with Crippen LogP contribution in [0.2, 0.25) is 10.0 Å². The Bertz CT molecular complexity index is 1840. The zero-order valence-corrected chi connectivity index (χ0v) is 24.3. The predicted octanol–water partition coefficient (Wildman–Crippen LogP) is 5.38. The molecule has 40 heavy (non-hydrogen) atoms. The van der Waals surface area contributed by atoms with Gasteiger partial charge in [0.2, 0.25) is 0 Å². The first kappa shape index (κ1) is 27.8. The summed E-state index contributed by atoms with van der Waals surface area (Å²) in [6.07, 6.45) is 1.64. The number of carbonyl (C=O) groups is 1. The van der Waals surface area contributed by atoms with Gasteiger partial charge in [0.1, 0.15) is 29.1 Å². The SMILES string of the molecule is CCOC(=O)C1=C(C)N=c2s/c(=C\c3ccc(-c4ccc(Cl)cc4Cl)o3)c(=O)n2C1c1ccc(OC)cc1OC. The second-order valence-corrected chi connectivity index (χ2v) is 10.6. The van der Waals surface area contributed by atoms with E-state index in [1.807, 2.05) is 0 Å². The van der Waals surface area contributed by atoms with E-state index in [4.69, 9.17) is 41.8 Å². The molecule has 3 heterocycles. The fourth-order valence-electron chi connectivity index (χ4n) is 4.52. The van der Waals surface area contributed by atoms with Gasteiger partial charge in [-0.15, -0.1) is 0 Å². The molecule has 11 heteroatoms. The second-order valence-electron chi connectivity index (χ2n) is 8.74. The molecular weight excluding hydrogens is 575 g/mol. The molecular formula is C29H24Cl2N2O6S. The number of carbonyl (C=O) groups excluding carboxylic acids is 1. The number of allylic oxidation sites excluding steroid dienone is 1. The first-order chi connectivity index (χ1) is 19.2. The molecule has 0 saturated heterocycles. The molecule has 0 fully saturated rings. The lowest BCUT2D eigenvalue weighted by Crippen LogP contribution is -2.40. The number of hydrogen-bond acceptors (Lipinski definition) is 8. The summed E-state index contributed by atoms with van der Waals surface area (Å²) in [7, 11) is 3.07. The predicted molar refractivity (Wildman–Crippen MR) is 154 cm³/mol. The summed E-state index contributed by atoms with van der Waals surface area (Å²) in [5, 5.41) is 0.963. The van der Waals surface area contributed by atoms with Crippen molar-refractivity contribution in [3.8, 4) is 22.8 Å². The van der Waals surface area contributed by atoms with Crippen molar-refractivity contribution in [1.29, 1.82) is 0 Å². The Morgan fingerprint density at radius 3 is 2.62 bits per heavy atom. The van der Waals surface area contributed by atoms with E-state index in [1.54, 1.807) is 75.6 Å². The highest BCUT2D eigenvalue weighted by Gasteiger charge is 2.35. The Kier molecular flexibility index (Phi) is 7.89. The van der Waals surface area contributed by atoms with Gasteiger partial charge >= 0.3 is 5.97 Å². The largest absolute Gasteiger partial charge is 0.497 e. The summed E-state index contributed by atoms with van der Waals surface area (Å²) < 4.78 is 24.2. The Morgan fingerprint density at radius 1 is 1.12 bits per heavy atom. The summed E-state index contributed by atoms with van der Waals surface area (Å²) in [5.74, 6) is 1.44. The average Bonchev–Trinajstić information content (AvgIpc) is 3.51. The zero-order valence-electron chi connectivity index (χ0n) is 22.0. The van der Waals surface area contributed by atoms with E-state index in [9.17, 15) is 9.59 Å². The van der Waals surface area contributed by atoms with Gasteiger partial charge in [0.05, 0.1) is 41.7 Å². The molecule has 8 nitrogen and oxygen atoms in total. The summed E-state index contributed by atoms with van der Waals surface area (Å²) >= 11 is 13.6. The van der Waals surface area contributed by atoms with Crippen molar-refractivity contribution in [2.24, 2.45) is 4.99 Å². The summed E-state index contributed by atoms with van der Waals surface area (Å²) in [6.45, 7) is 3.62. The first-order valence-electron chi connectivity index (χ1n) is 12.2. The number of nitrogens with zero attached hydrogens (tertiary/aromatic N) is 2. The van der Waals surface area contributed by atoms with E-state index < -0.39 is 12.0 Å². The van der Waals surface area contributed by atoms with Crippen LogP contribution in [0.15, 0.2) is 74.0 Å². The van der Waals surface area contributed by atoms with Crippen LogP contribution >= 0.6 is 34.5 Å². The molecule has 0 N–H and O–H groups in total. The lowest BCUT2D eigenvalue weighted by atomic mass is 9.95. The zero-order chi connectivity index (χ0) is 28.6. The van der Waals surface area contributed by atoms with Crippen LogP contribution in [-0.4, -0.2) is 31.4 Å². The van der Waals surface area contributed by atoms with Crippen LogP contribution in [0.4, 0.5) is 0 Å². The number of rotatable bonds is 7. The van der Waals surface area contributed by atoms with Gasteiger partial charge in [0, 0.05) is 28.3 Å². The number of methoxy groups -OCH3 is 2. The fraction of sp³-hybridized carbons (Fsp3) is 0.207. The molecule has 1 aliphatic rings. The highest BCUT2D eigenvalue weighted by molar-refractivity contribution is 7.07. The molecule has 1 aliphatic heterocycles. The standard InChI is InChI=1S/C29H24Cl2N2O6S/c1-5-38-28(35)25-15(2)32-29-33(26(25)20-10-7-17(36-3)13-23(20)37-4)27(34)24(40-29)14-18-8-11-22(39-18)19-9-6-16(30)12-21(19)31/h6-14,26H,5H2,1-4H3/b24-14-. The highest BCUT2D eigenvalue weighted by Crippen LogP contribution is 2.38. The normalized spacial score (nSPS) is 15.1.